The molecule has 5 nitrogen and oxygen atoms in total. The van der Waals surface area contributed by atoms with Gasteiger partial charge in [0.15, 0.2) is 0 Å². The average Bonchev–Trinajstić information content (AvgIpc) is 2.36. The molecule has 1 aromatic carbocycles. The summed E-state index contributed by atoms with van der Waals surface area (Å²) >= 11 is 0. The third-order valence-electron chi connectivity index (χ3n) is 2.84. The molecule has 0 unspecified atom stereocenters. The molecule has 5 heteroatoms. The highest BCUT2D eigenvalue weighted by atomic mass is 16.6. The van der Waals surface area contributed by atoms with Crippen LogP contribution in [0.5, 0.6) is 0 Å². The van der Waals surface area contributed by atoms with Crippen LogP contribution in [0.2, 0.25) is 0 Å². The molecule has 0 saturated heterocycles. The van der Waals surface area contributed by atoms with Crippen molar-refractivity contribution in [2.24, 2.45) is 5.92 Å². The standard InChI is InChI=1S/C13H17NO4/c1-3-18-13(15)10(2)12(9-14(16)17)11-7-5-4-6-8-11/h4-8,10,12H,3,9H2,1-2H3/t10-,12-/m0/s1. The normalized spacial score (nSPS) is 13.7. The van der Waals surface area contributed by atoms with E-state index in [1.54, 1.807) is 38.1 Å². The highest BCUT2D eigenvalue weighted by molar-refractivity contribution is 5.73. The van der Waals surface area contributed by atoms with Crippen molar-refractivity contribution in [2.75, 3.05) is 13.2 Å². The topological polar surface area (TPSA) is 69.4 Å². The Kier molecular flexibility index (Phi) is 5.30. The van der Waals surface area contributed by atoms with Crippen LogP contribution >= 0.6 is 0 Å². The number of benzene rings is 1. The molecule has 0 amide bonds. The van der Waals surface area contributed by atoms with Crippen molar-refractivity contribution in [1.82, 2.24) is 0 Å². The number of nitro groups is 1. The van der Waals surface area contributed by atoms with Crippen LogP contribution in [-0.2, 0) is 9.53 Å². The SMILES string of the molecule is CCOC(=O)[C@@H](C)[C@H](C[N+](=O)[O-])c1ccccc1. The van der Waals surface area contributed by atoms with Gasteiger partial charge in [0.25, 0.3) is 0 Å². The molecule has 0 fully saturated rings. The number of hydrogen-bond donors (Lipinski definition) is 0. The average molecular weight is 251 g/mol. The Labute approximate surface area is 106 Å². The number of nitrogens with zero attached hydrogens (tertiary/aromatic N) is 1. The van der Waals surface area contributed by atoms with Crippen molar-refractivity contribution in [3.8, 4) is 0 Å². The molecule has 0 saturated carbocycles. The maximum Gasteiger partial charge on any atom is 0.309 e. The zero-order chi connectivity index (χ0) is 13.5. The first-order valence-electron chi connectivity index (χ1n) is 5.89. The van der Waals surface area contributed by atoms with E-state index in [9.17, 15) is 14.9 Å². The van der Waals surface area contributed by atoms with E-state index in [4.69, 9.17) is 4.74 Å². The molecule has 1 rings (SSSR count). The summed E-state index contributed by atoms with van der Waals surface area (Å²) in [5, 5.41) is 10.7. The first kappa shape index (κ1) is 14.2. The van der Waals surface area contributed by atoms with Crippen LogP contribution in [0.15, 0.2) is 30.3 Å². The van der Waals surface area contributed by atoms with Gasteiger partial charge in [-0.15, -0.1) is 0 Å². The van der Waals surface area contributed by atoms with Crippen LogP contribution in [-0.4, -0.2) is 24.0 Å². The van der Waals surface area contributed by atoms with E-state index in [1.165, 1.54) is 0 Å². The fourth-order valence-electron chi connectivity index (χ4n) is 1.85. The van der Waals surface area contributed by atoms with Crippen molar-refractivity contribution in [3.63, 3.8) is 0 Å². The maximum absolute atomic E-state index is 11.7. The summed E-state index contributed by atoms with van der Waals surface area (Å²) in [6.45, 7) is 3.39. The number of esters is 1. The second-order valence-electron chi connectivity index (χ2n) is 4.07. The Hall–Kier alpha value is -1.91. The third-order valence-corrected chi connectivity index (χ3v) is 2.84. The molecule has 1 aromatic rings. The summed E-state index contributed by atoms with van der Waals surface area (Å²) in [5.41, 5.74) is 0.787. The first-order valence-corrected chi connectivity index (χ1v) is 5.89. The molecule has 18 heavy (non-hydrogen) atoms. The number of carbonyl (C=O) groups excluding carboxylic acids is 1. The summed E-state index contributed by atoms with van der Waals surface area (Å²) in [6, 6.07) is 9.04. The minimum Gasteiger partial charge on any atom is -0.466 e. The van der Waals surface area contributed by atoms with E-state index in [2.05, 4.69) is 0 Å². The van der Waals surface area contributed by atoms with Crippen LogP contribution in [0.1, 0.15) is 25.3 Å². The summed E-state index contributed by atoms with van der Waals surface area (Å²) in [7, 11) is 0. The smallest absolute Gasteiger partial charge is 0.309 e. The summed E-state index contributed by atoms with van der Waals surface area (Å²) in [6.07, 6.45) is 0. The minimum atomic E-state index is -0.530. The zero-order valence-electron chi connectivity index (χ0n) is 10.5. The fraction of sp³-hybridized carbons (Fsp3) is 0.462. The largest absolute Gasteiger partial charge is 0.466 e. The lowest BCUT2D eigenvalue weighted by molar-refractivity contribution is -0.484. The quantitative estimate of drug-likeness (QED) is 0.441. The van der Waals surface area contributed by atoms with Gasteiger partial charge in [-0.05, 0) is 12.5 Å². The van der Waals surface area contributed by atoms with Gasteiger partial charge in [0.2, 0.25) is 6.54 Å². The lowest BCUT2D eigenvalue weighted by atomic mass is 9.87. The van der Waals surface area contributed by atoms with Gasteiger partial charge in [0.1, 0.15) is 0 Å². The van der Waals surface area contributed by atoms with Crippen molar-refractivity contribution >= 4 is 5.97 Å². The molecule has 0 aliphatic rings. The molecule has 0 aliphatic carbocycles. The molecular weight excluding hydrogens is 234 g/mol. The third kappa shape index (κ3) is 3.84. The molecule has 0 N–H and O–H groups in total. The van der Waals surface area contributed by atoms with Crippen molar-refractivity contribution in [2.45, 2.75) is 19.8 Å². The van der Waals surface area contributed by atoms with E-state index < -0.39 is 22.7 Å². The molecule has 0 radical (unpaired) electrons. The lowest BCUT2D eigenvalue weighted by Gasteiger charge is -2.19. The Bertz CT molecular complexity index is 405. The van der Waals surface area contributed by atoms with Crippen LogP contribution in [0.25, 0.3) is 0 Å². The Balaban J connectivity index is 2.91. The number of carbonyl (C=O) groups is 1. The molecule has 2 atom stereocenters. The van der Waals surface area contributed by atoms with Gasteiger partial charge in [0.05, 0.1) is 18.4 Å². The summed E-state index contributed by atoms with van der Waals surface area (Å²) in [5.74, 6) is -1.38. The van der Waals surface area contributed by atoms with Crippen LogP contribution in [0.3, 0.4) is 0 Å². The Morgan fingerprint density at radius 1 is 1.39 bits per heavy atom. The number of rotatable bonds is 6. The van der Waals surface area contributed by atoms with Gasteiger partial charge in [-0.3, -0.25) is 14.9 Å². The van der Waals surface area contributed by atoms with Gasteiger partial charge in [-0.2, -0.15) is 0 Å². The molecule has 0 bridgehead atoms. The van der Waals surface area contributed by atoms with Crippen molar-refractivity contribution in [1.29, 1.82) is 0 Å². The summed E-state index contributed by atoms with van der Waals surface area (Å²) < 4.78 is 4.93. The molecule has 0 aliphatic heterocycles. The highest BCUT2D eigenvalue weighted by Gasteiger charge is 2.30. The van der Waals surface area contributed by atoms with Crippen molar-refractivity contribution < 1.29 is 14.5 Å². The lowest BCUT2D eigenvalue weighted by Crippen LogP contribution is -2.27. The molecule has 0 spiro atoms. The number of hydrogen-bond acceptors (Lipinski definition) is 4. The van der Waals surface area contributed by atoms with Crippen LogP contribution in [0, 0.1) is 16.0 Å². The molecular formula is C13H17NO4. The van der Waals surface area contributed by atoms with E-state index >= 15 is 0 Å². The highest BCUT2D eigenvalue weighted by Crippen LogP contribution is 2.25. The Morgan fingerprint density at radius 2 is 2.00 bits per heavy atom. The van der Waals surface area contributed by atoms with Gasteiger partial charge in [0, 0.05) is 4.92 Å². The van der Waals surface area contributed by atoms with Crippen LogP contribution < -0.4 is 0 Å². The molecule has 0 heterocycles. The van der Waals surface area contributed by atoms with Gasteiger partial charge in [-0.1, -0.05) is 37.3 Å². The van der Waals surface area contributed by atoms with E-state index in [1.807, 2.05) is 6.07 Å². The monoisotopic (exact) mass is 251 g/mol. The fourth-order valence-corrected chi connectivity index (χ4v) is 1.85. The van der Waals surface area contributed by atoms with Gasteiger partial charge < -0.3 is 4.74 Å². The predicted octanol–water partition coefficient (Wildman–Crippen LogP) is 2.25. The maximum atomic E-state index is 11.7. The van der Waals surface area contributed by atoms with Crippen molar-refractivity contribution in [3.05, 3.63) is 46.0 Å². The van der Waals surface area contributed by atoms with E-state index in [0.717, 1.165) is 5.56 Å². The van der Waals surface area contributed by atoms with Crippen LogP contribution in [0.4, 0.5) is 0 Å². The second-order valence-corrected chi connectivity index (χ2v) is 4.07. The zero-order valence-corrected chi connectivity index (χ0v) is 10.5. The van der Waals surface area contributed by atoms with E-state index in [0.29, 0.717) is 0 Å². The summed E-state index contributed by atoms with van der Waals surface area (Å²) in [4.78, 5) is 22.0. The first-order chi connectivity index (χ1) is 8.56. The number of ether oxygens (including phenoxy) is 1. The van der Waals surface area contributed by atoms with E-state index in [-0.39, 0.29) is 13.2 Å². The second kappa shape index (κ2) is 6.74. The molecule has 0 aromatic heterocycles. The predicted molar refractivity (Wildman–Crippen MR) is 66.8 cm³/mol. The molecule has 98 valence electrons. The minimum absolute atomic E-state index is 0.274. The Morgan fingerprint density at radius 3 is 2.50 bits per heavy atom. The van der Waals surface area contributed by atoms with Gasteiger partial charge >= 0.3 is 5.97 Å². The van der Waals surface area contributed by atoms with Gasteiger partial charge in [-0.25, -0.2) is 0 Å².